The van der Waals surface area contributed by atoms with Crippen LogP contribution in [0.2, 0.25) is 0 Å². The summed E-state index contributed by atoms with van der Waals surface area (Å²) in [6, 6.07) is 24.8. The van der Waals surface area contributed by atoms with Gasteiger partial charge in [-0.25, -0.2) is 13.9 Å². The number of hydrogen-bond acceptors (Lipinski definition) is 5. The van der Waals surface area contributed by atoms with E-state index in [4.69, 9.17) is 4.74 Å². The Bertz CT molecular complexity index is 1540. The molecule has 2 unspecified atom stereocenters. The highest BCUT2D eigenvalue weighted by Gasteiger charge is 2.54. The Morgan fingerprint density at radius 2 is 1.43 bits per heavy atom. The molecule has 0 aliphatic carbocycles. The predicted molar refractivity (Wildman–Crippen MR) is 147 cm³/mol. The van der Waals surface area contributed by atoms with Crippen molar-refractivity contribution in [3.8, 4) is 0 Å². The van der Waals surface area contributed by atoms with Crippen LogP contribution < -0.4 is 4.57 Å². The van der Waals surface area contributed by atoms with E-state index in [0.29, 0.717) is 12.1 Å². The zero-order valence-corrected chi connectivity index (χ0v) is 22.6. The topological polar surface area (TPSA) is 92.8 Å². The summed E-state index contributed by atoms with van der Waals surface area (Å²) in [5, 5.41) is 0. The Balaban J connectivity index is 1.77. The summed E-state index contributed by atoms with van der Waals surface area (Å²) < 4.78 is 9.39. The fourth-order valence-corrected chi connectivity index (χ4v) is 5.45. The third-order valence-electron chi connectivity index (χ3n) is 7.40. The number of para-hydroxylation sites is 2. The summed E-state index contributed by atoms with van der Waals surface area (Å²) in [6.07, 6.45) is 1.84. The molecule has 0 saturated carbocycles. The van der Waals surface area contributed by atoms with Crippen LogP contribution in [0.25, 0.3) is 11.0 Å². The summed E-state index contributed by atoms with van der Waals surface area (Å²) in [7, 11) is 2.70. The molecule has 2 heterocycles. The number of imidazole rings is 1. The van der Waals surface area contributed by atoms with Crippen molar-refractivity contribution in [2.45, 2.75) is 25.4 Å². The number of hydrogen-bond donors (Lipinski definition) is 0. The van der Waals surface area contributed by atoms with Crippen molar-refractivity contribution in [3.63, 3.8) is 0 Å². The second-order valence-electron chi connectivity index (χ2n) is 9.81. The number of ether oxygens (including phenoxy) is 1. The van der Waals surface area contributed by atoms with Crippen LogP contribution in [-0.4, -0.2) is 58.9 Å². The first-order valence-corrected chi connectivity index (χ1v) is 13.2. The van der Waals surface area contributed by atoms with Crippen LogP contribution in [0, 0.1) is 5.92 Å². The number of fused-ring (bicyclic) bond motifs is 1. The van der Waals surface area contributed by atoms with Gasteiger partial charge in [0.1, 0.15) is 18.5 Å². The molecule has 1 aliphatic rings. The molecule has 204 valence electrons. The minimum Gasteiger partial charge on any atom is -0.465 e. The molecule has 0 N–H and O–H groups in total. The maximum Gasteiger partial charge on any atom is 0.332 e. The van der Waals surface area contributed by atoms with Crippen LogP contribution >= 0.6 is 0 Å². The Kier molecular flexibility index (Phi) is 7.46. The van der Waals surface area contributed by atoms with Crippen molar-refractivity contribution in [1.82, 2.24) is 14.4 Å². The van der Waals surface area contributed by atoms with Crippen LogP contribution in [0.4, 0.5) is 4.79 Å². The Labute approximate surface area is 232 Å². The van der Waals surface area contributed by atoms with E-state index < -0.39 is 41.7 Å². The summed E-state index contributed by atoms with van der Waals surface area (Å²) in [5.74, 6) is -4.28. The first-order chi connectivity index (χ1) is 19.3. The number of nitrogens with zero attached hydrogens (tertiary/aromatic N) is 4. The lowest BCUT2D eigenvalue weighted by molar-refractivity contribution is -0.663. The zero-order valence-electron chi connectivity index (χ0n) is 22.6. The number of imide groups is 2. The van der Waals surface area contributed by atoms with E-state index in [1.807, 2.05) is 76.1 Å². The number of rotatable bonds is 8. The van der Waals surface area contributed by atoms with Crippen molar-refractivity contribution in [3.05, 3.63) is 102 Å². The quantitative estimate of drug-likeness (QED) is 0.194. The van der Waals surface area contributed by atoms with E-state index in [1.165, 1.54) is 14.1 Å². The van der Waals surface area contributed by atoms with Crippen molar-refractivity contribution in [2.75, 3.05) is 20.7 Å². The first-order valence-electron chi connectivity index (χ1n) is 13.2. The van der Waals surface area contributed by atoms with Crippen LogP contribution in [0.1, 0.15) is 30.0 Å². The summed E-state index contributed by atoms with van der Waals surface area (Å²) >= 11 is 0. The summed E-state index contributed by atoms with van der Waals surface area (Å²) in [5.41, 5.74) is 3.25. The zero-order chi connectivity index (χ0) is 28.4. The van der Waals surface area contributed by atoms with E-state index in [-0.39, 0.29) is 6.61 Å². The van der Waals surface area contributed by atoms with Gasteiger partial charge in [0, 0.05) is 14.1 Å². The smallest absolute Gasteiger partial charge is 0.332 e. The van der Waals surface area contributed by atoms with Gasteiger partial charge in [0.15, 0.2) is 17.0 Å². The van der Waals surface area contributed by atoms with E-state index in [0.717, 1.165) is 26.4 Å². The average molecular weight is 540 g/mol. The van der Waals surface area contributed by atoms with Gasteiger partial charge in [-0.1, -0.05) is 72.8 Å². The lowest BCUT2D eigenvalue weighted by Crippen LogP contribution is -2.59. The minimum atomic E-state index is -1.36. The largest absolute Gasteiger partial charge is 0.465 e. The molecule has 9 heteroatoms. The lowest BCUT2D eigenvalue weighted by Gasteiger charge is -2.37. The van der Waals surface area contributed by atoms with Crippen molar-refractivity contribution in [1.29, 1.82) is 0 Å². The fourth-order valence-electron chi connectivity index (χ4n) is 5.45. The maximum absolute atomic E-state index is 13.7. The van der Waals surface area contributed by atoms with Gasteiger partial charge in [-0.05, 0) is 30.2 Å². The van der Waals surface area contributed by atoms with Gasteiger partial charge in [-0.2, -0.15) is 0 Å². The molecule has 1 aliphatic heterocycles. The fraction of sp³-hybridized carbons (Fsp3) is 0.258. The second-order valence-corrected chi connectivity index (χ2v) is 9.81. The first kappa shape index (κ1) is 26.8. The molecule has 0 radical (unpaired) electrons. The molecule has 4 amide bonds. The van der Waals surface area contributed by atoms with Gasteiger partial charge in [0.2, 0.25) is 18.1 Å². The molecule has 1 fully saturated rings. The van der Waals surface area contributed by atoms with Crippen molar-refractivity contribution in [2.24, 2.45) is 5.92 Å². The Hall–Kier alpha value is -4.79. The third kappa shape index (κ3) is 4.75. The number of barbiturate groups is 1. The predicted octanol–water partition coefficient (Wildman–Crippen LogP) is 3.53. The molecule has 2 atom stereocenters. The number of amides is 4. The summed E-state index contributed by atoms with van der Waals surface area (Å²) in [6.45, 7) is 2.37. The molecule has 0 spiro atoms. The van der Waals surface area contributed by atoms with Crippen molar-refractivity contribution >= 4 is 34.8 Å². The van der Waals surface area contributed by atoms with E-state index in [2.05, 4.69) is 0 Å². The van der Waals surface area contributed by atoms with Gasteiger partial charge >= 0.3 is 12.0 Å². The second kappa shape index (κ2) is 11.1. The highest BCUT2D eigenvalue weighted by atomic mass is 16.5. The molecule has 5 rings (SSSR count). The van der Waals surface area contributed by atoms with Gasteiger partial charge in [0.25, 0.3) is 0 Å². The summed E-state index contributed by atoms with van der Waals surface area (Å²) in [4.78, 5) is 55.7. The molecular formula is C31H31N4O5+. The molecule has 1 saturated heterocycles. The number of esters is 1. The molecule has 40 heavy (non-hydrogen) atoms. The van der Waals surface area contributed by atoms with Gasteiger partial charge in [-0.3, -0.25) is 24.2 Å². The van der Waals surface area contributed by atoms with E-state index in [1.54, 1.807) is 31.2 Å². The number of carbonyl (C=O) groups excluding carboxylic acids is 4. The van der Waals surface area contributed by atoms with E-state index in [9.17, 15) is 19.2 Å². The molecule has 3 aromatic carbocycles. The molecule has 1 aromatic heterocycles. The lowest BCUT2D eigenvalue weighted by atomic mass is 9.81. The number of urea groups is 1. The minimum absolute atomic E-state index is 0.125. The molecule has 0 bridgehead atoms. The monoisotopic (exact) mass is 539 g/mol. The standard InChI is InChI=1S/C31H31N4O5/c1-4-40-30(38)25(22-15-9-6-10-16-22)27(26-28(36)32(2)31(39)33(3)29(26)37)35-20-34(19-21-13-7-5-8-14-21)23-17-11-12-18-24(23)35/h5-18,20,25-27H,4,19H2,1-3H3/q+1. The van der Waals surface area contributed by atoms with Crippen LogP contribution in [-0.2, 0) is 25.7 Å². The SMILES string of the molecule is CCOC(=O)C(c1ccccc1)C(C1C(=O)N(C)C(=O)N(C)C1=O)n1c[n+](Cc2ccccc2)c2ccccc21. The van der Waals surface area contributed by atoms with Gasteiger partial charge < -0.3 is 4.74 Å². The molecule has 4 aromatic rings. The Morgan fingerprint density at radius 3 is 2.05 bits per heavy atom. The highest BCUT2D eigenvalue weighted by Crippen LogP contribution is 2.40. The average Bonchev–Trinajstić information content (AvgIpc) is 3.33. The molecular weight excluding hydrogens is 508 g/mol. The van der Waals surface area contributed by atoms with Crippen LogP contribution in [0.3, 0.4) is 0 Å². The van der Waals surface area contributed by atoms with Crippen LogP contribution in [0.15, 0.2) is 91.3 Å². The van der Waals surface area contributed by atoms with Crippen molar-refractivity contribution < 1.29 is 28.5 Å². The maximum atomic E-state index is 13.7. The third-order valence-corrected chi connectivity index (χ3v) is 7.40. The number of aromatic nitrogens is 2. The van der Waals surface area contributed by atoms with Gasteiger partial charge in [-0.15, -0.1) is 0 Å². The number of benzene rings is 3. The van der Waals surface area contributed by atoms with Crippen LogP contribution in [0.5, 0.6) is 0 Å². The normalized spacial score (nSPS) is 15.9. The molecule has 9 nitrogen and oxygen atoms in total. The van der Waals surface area contributed by atoms with Gasteiger partial charge in [0.05, 0.1) is 6.61 Å². The highest BCUT2D eigenvalue weighted by molar-refractivity contribution is 6.16. The number of carbonyl (C=O) groups is 4. The Morgan fingerprint density at radius 1 is 0.850 bits per heavy atom. The van der Waals surface area contributed by atoms with E-state index >= 15 is 0 Å².